The molecule has 1 aliphatic carbocycles. The Labute approximate surface area is 102 Å². The molecule has 0 aromatic rings. The van der Waals surface area contributed by atoms with Crippen molar-refractivity contribution < 1.29 is 23.2 Å². The van der Waals surface area contributed by atoms with E-state index < -0.39 is 36.1 Å². The lowest BCUT2D eigenvalue weighted by Gasteiger charge is -2.23. The van der Waals surface area contributed by atoms with Crippen molar-refractivity contribution in [1.29, 1.82) is 0 Å². The van der Waals surface area contributed by atoms with Crippen molar-refractivity contribution in [2.45, 2.75) is 44.1 Å². The molecular weight excluding hydrogens is 246 g/mol. The molecule has 1 saturated heterocycles. The predicted octanol–water partition coefficient (Wildman–Crippen LogP) is 0.343. The third kappa shape index (κ3) is 2.83. The highest BCUT2D eigenvalue weighted by atomic mass is 19.3. The van der Waals surface area contributed by atoms with Crippen molar-refractivity contribution in [3.05, 3.63) is 0 Å². The van der Waals surface area contributed by atoms with Gasteiger partial charge in [-0.3, -0.25) is 19.7 Å². The minimum Gasteiger partial charge on any atom is -0.344 e. The second-order valence-corrected chi connectivity index (χ2v) is 4.81. The Kier molecular flexibility index (Phi) is 3.32. The first kappa shape index (κ1) is 12.9. The van der Waals surface area contributed by atoms with E-state index in [-0.39, 0.29) is 31.6 Å². The van der Waals surface area contributed by atoms with Gasteiger partial charge in [0.25, 0.3) is 0 Å². The Balaban J connectivity index is 1.88. The average Bonchev–Trinajstić information content (AvgIpc) is 2.63. The van der Waals surface area contributed by atoms with Gasteiger partial charge in [-0.2, -0.15) is 0 Å². The number of piperidine rings is 1. The van der Waals surface area contributed by atoms with Crippen LogP contribution in [0, 0.1) is 5.92 Å². The van der Waals surface area contributed by atoms with Crippen LogP contribution in [0.2, 0.25) is 0 Å². The minimum atomic E-state index is -2.78. The first-order valence-corrected chi connectivity index (χ1v) is 5.89. The van der Waals surface area contributed by atoms with E-state index >= 15 is 0 Å². The second-order valence-electron chi connectivity index (χ2n) is 4.81. The number of amides is 3. The van der Waals surface area contributed by atoms with Crippen molar-refractivity contribution in [3.63, 3.8) is 0 Å². The summed E-state index contributed by atoms with van der Waals surface area (Å²) in [6, 6.07) is -0.788. The number of halogens is 2. The maximum Gasteiger partial charge on any atom is 0.249 e. The topological polar surface area (TPSA) is 75.3 Å². The van der Waals surface area contributed by atoms with Gasteiger partial charge < -0.3 is 5.32 Å². The highest BCUT2D eigenvalue weighted by Gasteiger charge is 2.43. The van der Waals surface area contributed by atoms with Crippen molar-refractivity contribution in [2.75, 3.05) is 0 Å². The van der Waals surface area contributed by atoms with Gasteiger partial charge >= 0.3 is 0 Å². The summed E-state index contributed by atoms with van der Waals surface area (Å²) in [6.45, 7) is 0. The van der Waals surface area contributed by atoms with Gasteiger partial charge in [0.1, 0.15) is 6.04 Å². The molecule has 0 bridgehead atoms. The quantitative estimate of drug-likeness (QED) is 0.703. The Bertz CT molecular complexity index is 398. The number of hydrogen-bond acceptors (Lipinski definition) is 3. The van der Waals surface area contributed by atoms with Gasteiger partial charge in [0.2, 0.25) is 23.6 Å². The van der Waals surface area contributed by atoms with Crippen LogP contribution in [0.1, 0.15) is 32.1 Å². The lowest BCUT2D eigenvalue weighted by molar-refractivity contribution is -0.138. The lowest BCUT2D eigenvalue weighted by Crippen LogP contribution is -2.53. The van der Waals surface area contributed by atoms with E-state index in [1.807, 2.05) is 0 Å². The molecule has 7 heteroatoms. The van der Waals surface area contributed by atoms with Crippen LogP contribution in [0.25, 0.3) is 0 Å². The summed E-state index contributed by atoms with van der Waals surface area (Å²) in [4.78, 5) is 34.0. The summed E-state index contributed by atoms with van der Waals surface area (Å²) in [6.07, 6.45) is -0.254. The number of hydrogen-bond donors (Lipinski definition) is 2. The maximum atomic E-state index is 13.0. The number of rotatable bonds is 2. The van der Waals surface area contributed by atoms with Crippen LogP contribution < -0.4 is 10.6 Å². The Hall–Kier alpha value is -1.53. The fourth-order valence-electron chi connectivity index (χ4n) is 2.29. The predicted molar refractivity (Wildman–Crippen MR) is 56.6 cm³/mol. The third-order valence-electron chi connectivity index (χ3n) is 3.33. The summed E-state index contributed by atoms with van der Waals surface area (Å²) in [7, 11) is 0. The minimum absolute atomic E-state index is 0.131. The standard InChI is InChI=1S/C11H14F2N2O3/c12-11(13)4-3-6(5-11)9(17)14-7-1-2-8(16)15-10(7)18/h6-7H,1-5H2,(H,14,17)(H,15,16,18). The van der Waals surface area contributed by atoms with E-state index in [0.29, 0.717) is 0 Å². The van der Waals surface area contributed by atoms with E-state index in [1.54, 1.807) is 0 Å². The first-order chi connectivity index (χ1) is 8.37. The van der Waals surface area contributed by atoms with Crippen LogP contribution in [-0.4, -0.2) is 29.7 Å². The fraction of sp³-hybridized carbons (Fsp3) is 0.727. The van der Waals surface area contributed by atoms with E-state index in [0.717, 1.165) is 0 Å². The largest absolute Gasteiger partial charge is 0.344 e. The summed E-state index contributed by atoms with van der Waals surface area (Å²) >= 11 is 0. The van der Waals surface area contributed by atoms with Crippen molar-refractivity contribution >= 4 is 17.7 Å². The first-order valence-electron chi connectivity index (χ1n) is 5.89. The number of imide groups is 1. The van der Waals surface area contributed by atoms with Gasteiger partial charge in [-0.05, 0) is 12.8 Å². The van der Waals surface area contributed by atoms with Gasteiger partial charge in [0, 0.05) is 25.2 Å². The van der Waals surface area contributed by atoms with Gasteiger partial charge in [-0.15, -0.1) is 0 Å². The zero-order chi connectivity index (χ0) is 13.3. The van der Waals surface area contributed by atoms with E-state index in [4.69, 9.17) is 0 Å². The van der Waals surface area contributed by atoms with Crippen molar-refractivity contribution in [2.24, 2.45) is 5.92 Å². The summed E-state index contributed by atoms with van der Waals surface area (Å²) in [5.74, 6) is -5.00. The smallest absolute Gasteiger partial charge is 0.249 e. The third-order valence-corrected chi connectivity index (χ3v) is 3.33. The maximum absolute atomic E-state index is 13.0. The van der Waals surface area contributed by atoms with Crippen LogP contribution in [0.5, 0.6) is 0 Å². The molecule has 18 heavy (non-hydrogen) atoms. The zero-order valence-corrected chi connectivity index (χ0v) is 9.67. The molecule has 1 heterocycles. The number of carbonyl (C=O) groups excluding carboxylic acids is 3. The molecule has 1 saturated carbocycles. The average molecular weight is 260 g/mol. The second kappa shape index (κ2) is 4.62. The van der Waals surface area contributed by atoms with Gasteiger partial charge in [0.05, 0.1) is 0 Å². The Morgan fingerprint density at radius 3 is 2.61 bits per heavy atom. The number of alkyl halides is 2. The molecule has 3 amide bonds. The van der Waals surface area contributed by atoms with E-state index in [9.17, 15) is 23.2 Å². The van der Waals surface area contributed by atoms with Crippen LogP contribution in [0.3, 0.4) is 0 Å². The number of carbonyl (C=O) groups is 3. The molecule has 1 aliphatic heterocycles. The van der Waals surface area contributed by atoms with E-state index in [2.05, 4.69) is 10.6 Å². The fourth-order valence-corrected chi connectivity index (χ4v) is 2.29. The summed E-state index contributed by atoms with van der Waals surface area (Å²) in [5.41, 5.74) is 0. The highest BCUT2D eigenvalue weighted by molar-refractivity contribution is 6.01. The molecule has 0 aromatic carbocycles. The highest BCUT2D eigenvalue weighted by Crippen LogP contribution is 2.38. The molecule has 0 radical (unpaired) electrons. The zero-order valence-electron chi connectivity index (χ0n) is 9.67. The molecule has 100 valence electrons. The van der Waals surface area contributed by atoms with Gasteiger partial charge in [0.15, 0.2) is 0 Å². The Morgan fingerprint density at radius 1 is 1.33 bits per heavy atom. The summed E-state index contributed by atoms with van der Waals surface area (Å²) < 4.78 is 25.9. The Morgan fingerprint density at radius 2 is 2.06 bits per heavy atom. The summed E-state index contributed by atoms with van der Waals surface area (Å²) in [5, 5.41) is 4.53. The molecule has 2 atom stereocenters. The lowest BCUT2D eigenvalue weighted by atomic mass is 10.0. The molecule has 5 nitrogen and oxygen atoms in total. The molecule has 0 aromatic heterocycles. The SMILES string of the molecule is O=C1CCC(NC(=O)C2CCC(F)(F)C2)C(=O)N1. The number of nitrogens with one attached hydrogen (secondary N) is 2. The molecular formula is C11H14F2N2O3. The molecule has 2 aliphatic rings. The van der Waals surface area contributed by atoms with Gasteiger partial charge in [-0.25, -0.2) is 8.78 Å². The molecule has 2 rings (SSSR count). The van der Waals surface area contributed by atoms with Crippen LogP contribution >= 0.6 is 0 Å². The monoisotopic (exact) mass is 260 g/mol. The molecule has 2 N–H and O–H groups in total. The van der Waals surface area contributed by atoms with Crippen molar-refractivity contribution in [3.8, 4) is 0 Å². The van der Waals surface area contributed by atoms with Crippen molar-refractivity contribution in [1.82, 2.24) is 10.6 Å². The molecule has 0 spiro atoms. The van der Waals surface area contributed by atoms with Crippen LogP contribution in [0.4, 0.5) is 8.78 Å². The molecule has 2 fully saturated rings. The van der Waals surface area contributed by atoms with Gasteiger partial charge in [-0.1, -0.05) is 0 Å². The molecule has 2 unspecified atom stereocenters. The van der Waals surface area contributed by atoms with Crippen LogP contribution in [0.15, 0.2) is 0 Å². The normalized spacial score (nSPS) is 31.0. The van der Waals surface area contributed by atoms with E-state index in [1.165, 1.54) is 0 Å². The van der Waals surface area contributed by atoms with Crippen LogP contribution in [-0.2, 0) is 14.4 Å².